The minimum Gasteiger partial charge on any atom is -0.539 e. The summed E-state index contributed by atoms with van der Waals surface area (Å²) in [7, 11) is 0. The maximum atomic E-state index is 11.8. The van der Waals surface area contributed by atoms with Crippen LogP contribution in [0.5, 0.6) is 5.95 Å². The maximum Gasteiger partial charge on any atom is 0.341 e. The van der Waals surface area contributed by atoms with E-state index >= 15 is 0 Å². The zero-order valence-corrected chi connectivity index (χ0v) is 12.1. The number of carbonyl (C=O) groups is 2. The molecule has 22 heavy (non-hydrogen) atoms. The molecule has 7 nitrogen and oxygen atoms in total. The van der Waals surface area contributed by atoms with Gasteiger partial charge in [-0.25, -0.2) is 4.79 Å². The normalized spacial score (nSPS) is 11.3. The van der Waals surface area contributed by atoms with Crippen molar-refractivity contribution >= 4 is 17.8 Å². The van der Waals surface area contributed by atoms with Gasteiger partial charge in [-0.15, -0.1) is 0 Å². The van der Waals surface area contributed by atoms with Crippen molar-refractivity contribution in [2.24, 2.45) is 0 Å². The van der Waals surface area contributed by atoms with Crippen LogP contribution in [-0.2, 0) is 14.3 Å². The Labute approximate surface area is 126 Å². The number of carbonyl (C=O) groups excluding carboxylic acids is 2. The van der Waals surface area contributed by atoms with Crippen LogP contribution in [0.4, 0.5) is 0 Å². The van der Waals surface area contributed by atoms with E-state index in [0.717, 1.165) is 6.08 Å². The van der Waals surface area contributed by atoms with Gasteiger partial charge in [0.05, 0.1) is 11.9 Å². The molecule has 0 aliphatic rings. The predicted octanol–water partition coefficient (Wildman–Crippen LogP) is 0.560. The van der Waals surface area contributed by atoms with Crippen LogP contribution in [0, 0.1) is 0 Å². The summed E-state index contributed by atoms with van der Waals surface area (Å²) >= 11 is 0. The minimum atomic E-state index is -0.796. The van der Waals surface area contributed by atoms with E-state index in [0.29, 0.717) is 5.69 Å². The third-order valence-corrected chi connectivity index (χ3v) is 2.80. The van der Waals surface area contributed by atoms with Gasteiger partial charge < -0.3 is 14.4 Å². The van der Waals surface area contributed by atoms with E-state index in [1.807, 2.05) is 0 Å². The largest absolute Gasteiger partial charge is 0.539 e. The Morgan fingerprint density at radius 2 is 2.05 bits per heavy atom. The lowest BCUT2D eigenvalue weighted by Crippen LogP contribution is -2.35. The smallest absolute Gasteiger partial charge is 0.341 e. The maximum absolute atomic E-state index is 11.8. The number of Topliss-reactive ketones (excluding diaryl/α,β-unsaturated/α-hetero) is 1. The Hall–Kier alpha value is -2.96. The fourth-order valence-electron chi connectivity index (χ4n) is 1.78. The van der Waals surface area contributed by atoms with Crippen LogP contribution >= 0.6 is 0 Å². The van der Waals surface area contributed by atoms with Gasteiger partial charge in [0.1, 0.15) is 5.57 Å². The first-order valence-corrected chi connectivity index (χ1v) is 6.58. The van der Waals surface area contributed by atoms with E-state index in [2.05, 4.69) is 9.79 Å². The fourth-order valence-corrected chi connectivity index (χ4v) is 1.78. The van der Waals surface area contributed by atoms with Gasteiger partial charge in [-0.2, -0.15) is 0 Å². The number of ketones is 1. The van der Waals surface area contributed by atoms with E-state index in [9.17, 15) is 14.7 Å². The van der Waals surface area contributed by atoms with Crippen molar-refractivity contribution in [1.29, 1.82) is 0 Å². The lowest BCUT2D eigenvalue weighted by molar-refractivity contribution is -0.672. The molecule has 0 N–H and O–H groups in total. The van der Waals surface area contributed by atoms with Crippen LogP contribution in [0.3, 0.4) is 0 Å². The van der Waals surface area contributed by atoms with Gasteiger partial charge in [0, 0.05) is 18.2 Å². The molecule has 0 fully saturated rings. The highest BCUT2D eigenvalue weighted by molar-refractivity contribution is 6.19. The van der Waals surface area contributed by atoms with Crippen LogP contribution in [0.15, 0.2) is 40.4 Å². The first-order chi connectivity index (χ1) is 10.5. The highest BCUT2D eigenvalue weighted by atomic mass is 16.6. The molecule has 0 spiro atoms. The van der Waals surface area contributed by atoms with Crippen LogP contribution in [0.1, 0.15) is 19.5 Å². The fraction of sp³-hybridized carbons (Fsp3) is 0.200. The molecule has 0 atom stereocenters. The third-order valence-electron chi connectivity index (χ3n) is 2.80. The molecule has 1 heterocycles. The summed E-state index contributed by atoms with van der Waals surface area (Å²) in [6, 6.07) is 8.73. The number of para-hydroxylation sites is 1. The molecule has 0 saturated carbocycles. The molecule has 0 radical (unpaired) electrons. The molecule has 114 valence electrons. The highest BCUT2D eigenvalue weighted by Crippen LogP contribution is 2.15. The van der Waals surface area contributed by atoms with Crippen molar-refractivity contribution in [3.8, 4) is 11.6 Å². The van der Waals surface area contributed by atoms with Gasteiger partial charge in [0.15, 0.2) is 11.7 Å². The molecule has 7 heteroatoms. The number of benzene rings is 1. The summed E-state index contributed by atoms with van der Waals surface area (Å²) in [5.41, 5.74) is 0.280. The summed E-state index contributed by atoms with van der Waals surface area (Å²) in [6.45, 7) is 2.96. The monoisotopic (exact) mass is 302 g/mol. The Morgan fingerprint density at radius 3 is 2.64 bits per heavy atom. The zero-order chi connectivity index (χ0) is 16.1. The number of ether oxygens (including phenoxy) is 1. The van der Waals surface area contributed by atoms with Crippen LogP contribution in [0.2, 0.25) is 0 Å². The van der Waals surface area contributed by atoms with E-state index in [1.54, 1.807) is 37.3 Å². The third kappa shape index (κ3) is 3.20. The molecule has 0 amide bonds. The molecular formula is C15H14N2O5. The second-order valence-electron chi connectivity index (χ2n) is 4.33. The standard InChI is InChI=1S/C15H14N2O5/c1-3-21-14(19)12(10(2)18)9-13-15(20)22-16-17(13)11-7-5-4-6-8-11/h4-9H,3H2,1-2H3. The predicted molar refractivity (Wildman–Crippen MR) is 72.8 cm³/mol. The average molecular weight is 302 g/mol. The van der Waals surface area contributed by atoms with Gasteiger partial charge in [-0.05, 0) is 18.5 Å². The summed E-state index contributed by atoms with van der Waals surface area (Å²) < 4.78 is 10.6. The van der Waals surface area contributed by atoms with E-state index < -0.39 is 17.7 Å². The van der Waals surface area contributed by atoms with Crippen molar-refractivity contribution in [1.82, 2.24) is 5.27 Å². The molecule has 0 bridgehead atoms. The summed E-state index contributed by atoms with van der Waals surface area (Å²) in [5.74, 6) is -2.07. The van der Waals surface area contributed by atoms with Gasteiger partial charge in [-0.3, -0.25) is 4.79 Å². The number of rotatable bonds is 5. The second-order valence-corrected chi connectivity index (χ2v) is 4.33. The Balaban J connectivity index is 2.52. The number of esters is 1. The van der Waals surface area contributed by atoms with Crippen molar-refractivity contribution in [2.75, 3.05) is 6.61 Å². The molecular weight excluding hydrogens is 288 g/mol. The van der Waals surface area contributed by atoms with E-state index in [4.69, 9.17) is 4.74 Å². The van der Waals surface area contributed by atoms with Crippen LogP contribution < -0.4 is 9.79 Å². The number of hydrogen-bond donors (Lipinski definition) is 0. The van der Waals surface area contributed by atoms with Gasteiger partial charge in [-0.1, -0.05) is 18.2 Å². The summed E-state index contributed by atoms with van der Waals surface area (Å²) in [5, 5.41) is 15.4. The topological polar surface area (TPSA) is 96.3 Å². The first-order valence-electron chi connectivity index (χ1n) is 6.58. The molecule has 1 aromatic carbocycles. The molecule has 0 saturated heterocycles. The molecule has 0 unspecified atom stereocenters. The lowest BCUT2D eigenvalue weighted by Gasteiger charge is -2.02. The average Bonchev–Trinajstić information content (AvgIpc) is 2.86. The SMILES string of the molecule is CCOC(=O)/C(=C\c1c([O-])on[n+]1-c1ccccc1)C(C)=O. The Kier molecular flexibility index (Phi) is 4.67. The van der Waals surface area contributed by atoms with Crippen molar-refractivity contribution < 1.29 is 28.6 Å². The molecule has 0 aliphatic heterocycles. The quantitative estimate of drug-likeness (QED) is 0.263. The zero-order valence-electron chi connectivity index (χ0n) is 12.1. The first kappa shape index (κ1) is 15.4. The van der Waals surface area contributed by atoms with Crippen molar-refractivity contribution in [2.45, 2.75) is 13.8 Å². The summed E-state index contributed by atoms with van der Waals surface area (Å²) in [4.78, 5) is 23.4. The van der Waals surface area contributed by atoms with Crippen molar-refractivity contribution in [3.05, 3.63) is 41.6 Å². The van der Waals surface area contributed by atoms with Crippen LogP contribution in [-0.4, -0.2) is 23.6 Å². The number of nitrogens with zero attached hydrogens (tertiary/aromatic N) is 2. The van der Waals surface area contributed by atoms with Gasteiger partial charge >= 0.3 is 5.97 Å². The van der Waals surface area contributed by atoms with Crippen molar-refractivity contribution in [3.63, 3.8) is 0 Å². The molecule has 2 rings (SSSR count). The van der Waals surface area contributed by atoms with E-state index in [1.165, 1.54) is 11.6 Å². The number of aromatic nitrogens is 2. The second kappa shape index (κ2) is 6.66. The Morgan fingerprint density at radius 1 is 1.36 bits per heavy atom. The minimum absolute atomic E-state index is 0.0375. The highest BCUT2D eigenvalue weighted by Gasteiger charge is 2.23. The van der Waals surface area contributed by atoms with Gasteiger partial charge in [0.25, 0.3) is 5.69 Å². The molecule has 0 aliphatic carbocycles. The van der Waals surface area contributed by atoms with Crippen LogP contribution in [0.25, 0.3) is 11.8 Å². The molecule has 2 aromatic rings. The van der Waals surface area contributed by atoms with E-state index in [-0.39, 0.29) is 17.9 Å². The Bertz CT molecular complexity index is 719. The molecule has 1 aromatic heterocycles. The van der Waals surface area contributed by atoms with Gasteiger partial charge in [0.2, 0.25) is 5.69 Å². The number of hydrogen-bond acceptors (Lipinski definition) is 6. The lowest BCUT2D eigenvalue weighted by atomic mass is 10.1. The summed E-state index contributed by atoms with van der Waals surface area (Å²) in [6.07, 6.45) is 1.13.